The Kier molecular flexibility index (Phi) is 3.11. The van der Waals surface area contributed by atoms with E-state index in [-0.39, 0.29) is 0 Å². The highest BCUT2D eigenvalue weighted by Crippen LogP contribution is 2.27. The van der Waals surface area contributed by atoms with Crippen molar-refractivity contribution in [3.05, 3.63) is 29.6 Å². The van der Waals surface area contributed by atoms with Crippen molar-refractivity contribution >= 4 is 11.9 Å². The fourth-order valence-corrected chi connectivity index (χ4v) is 0.903. The summed E-state index contributed by atoms with van der Waals surface area (Å²) in [6.45, 7) is 0. The molecule has 1 rings (SSSR count). The molecule has 8 heteroatoms. The molecule has 0 fully saturated rings. The molecule has 5 nitrogen and oxygen atoms in total. The highest BCUT2D eigenvalue weighted by Gasteiger charge is 2.32. The molecule has 0 aromatic carbocycles. The summed E-state index contributed by atoms with van der Waals surface area (Å²) in [6.07, 6.45) is -6.16. The Hall–Kier alpha value is -2.12. The van der Waals surface area contributed by atoms with Crippen molar-refractivity contribution in [2.75, 3.05) is 0 Å². The molecule has 0 saturated carbocycles. The number of hydrogen-bond acceptors (Lipinski definition) is 3. The van der Waals surface area contributed by atoms with Gasteiger partial charge in [-0.1, -0.05) is 6.07 Å². The maximum Gasteiger partial charge on any atom is 0.433 e. The zero-order valence-electron chi connectivity index (χ0n) is 7.67. The predicted octanol–water partition coefficient (Wildman–Crippen LogP) is 1.69. The average Bonchev–Trinajstić information content (AvgIpc) is 2.15. The number of hydrogen-bond donors (Lipinski definition) is 3. The zero-order valence-corrected chi connectivity index (χ0v) is 7.67. The molecule has 0 radical (unpaired) electrons. The van der Waals surface area contributed by atoms with Gasteiger partial charge in [0, 0.05) is 0 Å². The van der Waals surface area contributed by atoms with Crippen molar-refractivity contribution in [1.29, 1.82) is 5.41 Å². The van der Waals surface area contributed by atoms with E-state index in [1.807, 2.05) is 0 Å². The summed E-state index contributed by atoms with van der Waals surface area (Å²) in [7, 11) is 0. The highest BCUT2D eigenvalue weighted by atomic mass is 19.4. The second-order valence-electron chi connectivity index (χ2n) is 2.71. The van der Waals surface area contributed by atoms with E-state index in [1.165, 1.54) is 0 Å². The first kappa shape index (κ1) is 12.0. The minimum Gasteiger partial charge on any atom is -0.465 e. The smallest absolute Gasteiger partial charge is 0.433 e. The Morgan fingerprint density at radius 3 is 2.56 bits per heavy atom. The fourth-order valence-electron chi connectivity index (χ4n) is 0.903. The van der Waals surface area contributed by atoms with E-state index < -0.39 is 29.5 Å². The summed E-state index contributed by atoms with van der Waals surface area (Å²) in [5.74, 6) is -0.710. The quantitative estimate of drug-likeness (QED) is 0.509. The van der Waals surface area contributed by atoms with Gasteiger partial charge in [-0.15, -0.1) is 0 Å². The van der Waals surface area contributed by atoms with Gasteiger partial charge < -0.3 is 5.11 Å². The molecule has 1 amide bonds. The van der Waals surface area contributed by atoms with Gasteiger partial charge in [-0.3, -0.25) is 10.7 Å². The van der Waals surface area contributed by atoms with Crippen molar-refractivity contribution < 1.29 is 23.1 Å². The molecule has 1 aromatic heterocycles. The SMILES string of the molecule is N=C(NC(=O)O)c1cccc(C(F)(F)F)n1. The van der Waals surface area contributed by atoms with E-state index in [0.29, 0.717) is 0 Å². The van der Waals surface area contributed by atoms with E-state index in [2.05, 4.69) is 4.98 Å². The Labute approximate surface area is 87.4 Å². The maximum atomic E-state index is 12.2. The molecular weight excluding hydrogens is 227 g/mol. The molecule has 0 atom stereocenters. The third kappa shape index (κ3) is 2.94. The van der Waals surface area contributed by atoms with Gasteiger partial charge in [-0.2, -0.15) is 13.2 Å². The van der Waals surface area contributed by atoms with Gasteiger partial charge >= 0.3 is 12.3 Å². The molecule has 0 bridgehead atoms. The largest absolute Gasteiger partial charge is 0.465 e. The highest BCUT2D eigenvalue weighted by molar-refractivity contribution is 6.02. The van der Waals surface area contributed by atoms with Crippen LogP contribution in [-0.4, -0.2) is 22.0 Å². The minimum absolute atomic E-state index is 0.391. The normalized spacial score (nSPS) is 10.9. The van der Waals surface area contributed by atoms with Crippen molar-refractivity contribution in [2.45, 2.75) is 6.18 Å². The molecule has 0 unspecified atom stereocenters. The van der Waals surface area contributed by atoms with Crippen LogP contribution < -0.4 is 5.32 Å². The summed E-state index contributed by atoms with van der Waals surface area (Å²) in [4.78, 5) is 13.3. The van der Waals surface area contributed by atoms with Crippen LogP contribution in [0.1, 0.15) is 11.4 Å². The topological polar surface area (TPSA) is 86.1 Å². The van der Waals surface area contributed by atoms with Crippen LogP contribution in [0.2, 0.25) is 0 Å². The maximum absolute atomic E-state index is 12.2. The first-order valence-electron chi connectivity index (χ1n) is 3.94. The first-order chi connectivity index (χ1) is 7.30. The average molecular weight is 233 g/mol. The lowest BCUT2D eigenvalue weighted by molar-refractivity contribution is -0.141. The van der Waals surface area contributed by atoms with Crippen molar-refractivity contribution in [2.24, 2.45) is 0 Å². The number of rotatable bonds is 1. The van der Waals surface area contributed by atoms with Crippen LogP contribution in [0.4, 0.5) is 18.0 Å². The lowest BCUT2D eigenvalue weighted by Gasteiger charge is -2.07. The number of amides is 1. The lowest BCUT2D eigenvalue weighted by Crippen LogP contribution is -2.29. The molecule has 16 heavy (non-hydrogen) atoms. The standard InChI is InChI=1S/C8H6F3N3O2/c9-8(10,11)5-3-1-2-4(13-5)6(12)14-7(15)16/h1-3H,(H2,12,14)(H,15,16). The van der Waals surface area contributed by atoms with E-state index in [9.17, 15) is 18.0 Å². The molecular formula is C8H6F3N3O2. The molecule has 0 saturated heterocycles. The molecule has 1 heterocycles. The molecule has 3 N–H and O–H groups in total. The number of amidine groups is 1. The fraction of sp³-hybridized carbons (Fsp3) is 0.125. The molecule has 0 aliphatic heterocycles. The van der Waals surface area contributed by atoms with Gasteiger partial charge in [-0.25, -0.2) is 9.78 Å². The lowest BCUT2D eigenvalue weighted by atomic mass is 10.3. The third-order valence-electron chi connectivity index (χ3n) is 1.53. The van der Waals surface area contributed by atoms with Gasteiger partial charge in [0.05, 0.1) is 0 Å². The second kappa shape index (κ2) is 4.17. The summed E-state index contributed by atoms with van der Waals surface area (Å²) in [5.41, 5.74) is -1.57. The molecule has 0 aliphatic rings. The van der Waals surface area contributed by atoms with Crippen molar-refractivity contribution in [3.8, 4) is 0 Å². The van der Waals surface area contributed by atoms with Crippen molar-refractivity contribution in [1.82, 2.24) is 10.3 Å². The summed E-state index contributed by atoms with van der Waals surface area (Å²) in [5, 5.41) is 17.0. The number of aromatic nitrogens is 1. The first-order valence-corrected chi connectivity index (χ1v) is 3.94. The third-order valence-corrected chi connectivity index (χ3v) is 1.53. The molecule has 1 aromatic rings. The van der Waals surface area contributed by atoms with Crippen LogP contribution >= 0.6 is 0 Å². The number of alkyl halides is 3. The van der Waals surface area contributed by atoms with Crippen LogP contribution in [-0.2, 0) is 6.18 Å². The number of nitrogens with one attached hydrogen (secondary N) is 2. The molecule has 0 aliphatic carbocycles. The number of pyridine rings is 1. The minimum atomic E-state index is -4.63. The van der Waals surface area contributed by atoms with E-state index in [0.717, 1.165) is 18.2 Å². The summed E-state index contributed by atoms with van der Waals surface area (Å²) in [6, 6.07) is 2.88. The molecule has 0 spiro atoms. The summed E-state index contributed by atoms with van der Waals surface area (Å²) >= 11 is 0. The van der Waals surface area contributed by atoms with E-state index in [1.54, 1.807) is 5.32 Å². The van der Waals surface area contributed by atoms with Gasteiger partial charge in [0.2, 0.25) is 0 Å². The predicted molar refractivity (Wildman–Crippen MR) is 47.2 cm³/mol. The van der Waals surface area contributed by atoms with Gasteiger partial charge in [0.15, 0.2) is 5.84 Å². The van der Waals surface area contributed by atoms with Crippen LogP contribution in [0.3, 0.4) is 0 Å². The van der Waals surface area contributed by atoms with Gasteiger partial charge in [-0.05, 0) is 12.1 Å². The molecule has 86 valence electrons. The van der Waals surface area contributed by atoms with E-state index >= 15 is 0 Å². The Balaban J connectivity index is 2.99. The van der Waals surface area contributed by atoms with Crippen molar-refractivity contribution in [3.63, 3.8) is 0 Å². The van der Waals surface area contributed by atoms with Crippen LogP contribution in [0.5, 0.6) is 0 Å². The van der Waals surface area contributed by atoms with Gasteiger partial charge in [0.25, 0.3) is 0 Å². The second-order valence-corrected chi connectivity index (χ2v) is 2.71. The van der Waals surface area contributed by atoms with Crippen LogP contribution in [0, 0.1) is 5.41 Å². The Morgan fingerprint density at radius 2 is 2.06 bits per heavy atom. The zero-order chi connectivity index (χ0) is 12.3. The number of carboxylic acid groups (broad SMARTS) is 1. The summed E-state index contributed by atoms with van der Waals surface area (Å²) < 4.78 is 36.7. The van der Waals surface area contributed by atoms with E-state index in [4.69, 9.17) is 10.5 Å². The number of halogens is 3. The monoisotopic (exact) mass is 233 g/mol. The Morgan fingerprint density at radius 1 is 1.44 bits per heavy atom. The van der Waals surface area contributed by atoms with Crippen LogP contribution in [0.15, 0.2) is 18.2 Å². The number of nitrogens with zero attached hydrogens (tertiary/aromatic N) is 1. The van der Waals surface area contributed by atoms with Crippen LogP contribution in [0.25, 0.3) is 0 Å². The number of carbonyl (C=O) groups is 1. The Bertz CT molecular complexity index is 431. The van der Waals surface area contributed by atoms with Gasteiger partial charge in [0.1, 0.15) is 11.4 Å².